The number of hydrogen-bond donors (Lipinski definition) is 2. The van der Waals surface area contributed by atoms with Crippen LogP contribution in [0.2, 0.25) is 0 Å². The Morgan fingerprint density at radius 2 is 1.42 bits per heavy atom. The lowest BCUT2D eigenvalue weighted by Gasteiger charge is -2.59. The van der Waals surface area contributed by atoms with Crippen molar-refractivity contribution >= 4 is 23.5 Å². The predicted octanol–water partition coefficient (Wildman–Crippen LogP) is 11.1. The fourth-order valence-electron chi connectivity index (χ4n) is 13.1. The summed E-state index contributed by atoms with van der Waals surface area (Å²) >= 11 is 0. The van der Waals surface area contributed by atoms with E-state index < -0.39 is 40.9 Å². The van der Waals surface area contributed by atoms with Gasteiger partial charge < -0.3 is 34.1 Å². The number of allylic oxidation sites excluding steroid dienone is 4. The molecule has 0 bridgehead atoms. The van der Waals surface area contributed by atoms with Crippen molar-refractivity contribution in [2.24, 2.45) is 28.6 Å². The second kappa shape index (κ2) is 27.8. The van der Waals surface area contributed by atoms with Gasteiger partial charge in [0.1, 0.15) is 6.10 Å². The maximum Gasteiger partial charge on any atom is 0.306 e. The van der Waals surface area contributed by atoms with Gasteiger partial charge in [0.2, 0.25) is 5.78 Å². The zero-order valence-corrected chi connectivity index (χ0v) is 42.7. The van der Waals surface area contributed by atoms with E-state index in [0.29, 0.717) is 32.1 Å². The van der Waals surface area contributed by atoms with E-state index in [1.807, 2.05) is 6.08 Å². The van der Waals surface area contributed by atoms with E-state index in [4.69, 9.17) is 18.9 Å². The lowest BCUT2D eigenvalue weighted by Crippen LogP contribution is -2.63. The van der Waals surface area contributed by atoms with Gasteiger partial charge >= 0.3 is 11.9 Å². The Labute approximate surface area is 405 Å². The molecule has 0 amide bonds. The summed E-state index contributed by atoms with van der Waals surface area (Å²) in [5.74, 6) is -0.614. The Hall–Kier alpha value is -2.44. The number of nitrogens with zero attached hydrogens (tertiary/aromatic N) is 1. The number of esters is 2. The van der Waals surface area contributed by atoms with Gasteiger partial charge in [-0.3, -0.25) is 19.2 Å². The van der Waals surface area contributed by atoms with E-state index in [9.17, 15) is 29.4 Å². The lowest BCUT2D eigenvalue weighted by molar-refractivity contribution is -0.201. The van der Waals surface area contributed by atoms with E-state index in [2.05, 4.69) is 39.5 Å². The van der Waals surface area contributed by atoms with Crippen LogP contribution in [0.4, 0.5) is 0 Å². The van der Waals surface area contributed by atoms with Gasteiger partial charge in [0, 0.05) is 36.2 Å². The first-order valence-electron chi connectivity index (χ1n) is 27.5. The van der Waals surface area contributed by atoms with Gasteiger partial charge in [-0.2, -0.15) is 0 Å². The quantitative estimate of drug-likeness (QED) is 0.0469. The molecule has 5 rings (SSSR count). The maximum absolute atomic E-state index is 14.6. The smallest absolute Gasteiger partial charge is 0.306 e. The Bertz CT molecular complexity index is 1600. The number of ether oxygens (including phenoxy) is 4. The second-order valence-electron chi connectivity index (χ2n) is 21.6. The van der Waals surface area contributed by atoms with Crippen LogP contribution in [-0.2, 0) is 38.1 Å². The summed E-state index contributed by atoms with van der Waals surface area (Å²) < 4.78 is 25.1. The monoisotopic (exact) mass is 940 g/mol. The Balaban J connectivity index is 1.04. The Kier molecular flexibility index (Phi) is 23.0. The molecule has 2 N–H and O–H groups in total. The first-order chi connectivity index (χ1) is 32.4. The first-order valence-corrected chi connectivity index (χ1v) is 27.5. The number of rotatable bonds is 34. The number of aliphatic hydroxyl groups excluding tert-OH is 2. The summed E-state index contributed by atoms with van der Waals surface area (Å²) in [6.07, 6.45) is 29.7. The molecule has 1 heterocycles. The molecule has 5 aliphatic rings. The van der Waals surface area contributed by atoms with Gasteiger partial charge in [0.05, 0.1) is 12.2 Å². The fraction of sp³-hybridized carbons (Fsp3) is 0.857. The number of Topliss-reactive ketones (excluding diaryl/α,β-unsaturated/α-hetero) is 1. The minimum absolute atomic E-state index is 0.000723. The molecule has 0 spiro atoms. The first kappa shape index (κ1) is 55.5. The van der Waals surface area contributed by atoms with Crippen molar-refractivity contribution in [3.63, 3.8) is 0 Å². The predicted molar refractivity (Wildman–Crippen MR) is 263 cm³/mol. The molecule has 4 fully saturated rings. The summed E-state index contributed by atoms with van der Waals surface area (Å²) in [5.41, 5.74) is -1.36. The molecule has 4 aliphatic carbocycles. The van der Waals surface area contributed by atoms with E-state index in [-0.39, 0.29) is 61.0 Å². The number of aliphatic hydroxyl groups is 2. The molecule has 11 heteroatoms. The SMILES string of the molecule is CCCCCCCC(CCCCCCC)OC(=O)CCCCCN(CCCCO)CCCCCC(=O)OCC(=O)C12OC(CCC)OC1CC1C3CCC4=CC(=O)C=CC4(C)C3C(O)CC12C. The second-order valence-corrected chi connectivity index (χ2v) is 21.6. The highest BCUT2D eigenvalue weighted by atomic mass is 16.7. The average Bonchev–Trinajstić information content (AvgIpc) is 3.79. The van der Waals surface area contributed by atoms with Gasteiger partial charge in [-0.15, -0.1) is 0 Å². The van der Waals surface area contributed by atoms with Crippen LogP contribution >= 0.6 is 0 Å². The number of unbranched alkanes of at least 4 members (excludes halogenated alkanes) is 13. The number of carbonyl (C=O) groups excluding carboxylic acids is 4. The van der Waals surface area contributed by atoms with Crippen molar-refractivity contribution in [1.82, 2.24) is 4.90 Å². The van der Waals surface area contributed by atoms with Gasteiger partial charge in [-0.1, -0.05) is 117 Å². The molecule has 11 nitrogen and oxygen atoms in total. The van der Waals surface area contributed by atoms with Crippen molar-refractivity contribution in [3.05, 3.63) is 23.8 Å². The summed E-state index contributed by atoms with van der Waals surface area (Å²) in [5, 5.41) is 21.5. The van der Waals surface area contributed by atoms with Crippen molar-refractivity contribution in [2.45, 2.75) is 245 Å². The van der Waals surface area contributed by atoms with E-state index in [1.165, 1.54) is 51.4 Å². The summed E-state index contributed by atoms with van der Waals surface area (Å²) in [7, 11) is 0. The van der Waals surface area contributed by atoms with Crippen molar-refractivity contribution in [2.75, 3.05) is 32.8 Å². The molecule has 3 saturated carbocycles. The normalized spacial score (nSPS) is 29.7. The van der Waals surface area contributed by atoms with Crippen LogP contribution in [0.1, 0.15) is 214 Å². The van der Waals surface area contributed by atoms with Crippen LogP contribution in [0.15, 0.2) is 23.8 Å². The van der Waals surface area contributed by atoms with Gasteiger partial charge in [-0.05, 0) is 140 Å². The Morgan fingerprint density at radius 3 is 2.04 bits per heavy atom. The molecule has 0 aromatic rings. The summed E-state index contributed by atoms with van der Waals surface area (Å²) in [6.45, 7) is 13.3. The Morgan fingerprint density at radius 1 is 0.806 bits per heavy atom. The molecule has 1 saturated heterocycles. The standard InChI is InChI=1S/C56H93NO10/c1-6-9-11-13-17-26-44(27-18-14-12-10-7-2)65-51(63)29-20-16-22-35-57(36-23-24-37-58)34-21-15-19-28-50(62)64-41-48(61)56-49(66-52(67-56)25-8-3)39-46-45-31-30-42-38-43(59)32-33-54(42,4)53(45)47(60)40-55(46,56)5/h32-33,38,44-47,49,52-53,58,60H,6-31,34-37,39-41H2,1-5H3. The van der Waals surface area contributed by atoms with E-state index >= 15 is 0 Å². The minimum atomic E-state index is -1.31. The molecule has 9 atom stereocenters. The van der Waals surface area contributed by atoms with Crippen LogP contribution < -0.4 is 0 Å². The van der Waals surface area contributed by atoms with Gasteiger partial charge in [0.15, 0.2) is 24.3 Å². The third kappa shape index (κ3) is 14.6. The largest absolute Gasteiger partial charge is 0.462 e. The fourth-order valence-corrected chi connectivity index (χ4v) is 13.1. The summed E-state index contributed by atoms with van der Waals surface area (Å²) in [4.78, 5) is 55.4. The summed E-state index contributed by atoms with van der Waals surface area (Å²) in [6, 6.07) is 0. The highest BCUT2D eigenvalue weighted by Crippen LogP contribution is 2.69. The van der Waals surface area contributed by atoms with Gasteiger partial charge in [-0.25, -0.2) is 0 Å². The van der Waals surface area contributed by atoms with Crippen LogP contribution in [-0.4, -0.2) is 102 Å². The minimum Gasteiger partial charge on any atom is -0.462 e. The number of ketones is 2. The molecular formula is C56H93NO10. The molecule has 9 unspecified atom stereocenters. The molecule has 0 aromatic carbocycles. The highest BCUT2D eigenvalue weighted by Gasteiger charge is 2.76. The van der Waals surface area contributed by atoms with Crippen molar-refractivity contribution in [3.8, 4) is 0 Å². The van der Waals surface area contributed by atoms with Crippen molar-refractivity contribution in [1.29, 1.82) is 0 Å². The third-order valence-electron chi connectivity index (χ3n) is 16.7. The van der Waals surface area contributed by atoms with E-state index in [0.717, 1.165) is 115 Å². The topological polar surface area (TPSA) is 149 Å². The molecule has 67 heavy (non-hydrogen) atoms. The number of hydrogen-bond acceptors (Lipinski definition) is 11. The maximum atomic E-state index is 14.6. The van der Waals surface area contributed by atoms with E-state index in [1.54, 1.807) is 12.2 Å². The van der Waals surface area contributed by atoms with Crippen molar-refractivity contribution < 1.29 is 48.3 Å². The zero-order valence-electron chi connectivity index (χ0n) is 42.7. The average molecular weight is 940 g/mol. The van der Waals surface area contributed by atoms with Crippen LogP contribution in [0.3, 0.4) is 0 Å². The molecule has 382 valence electrons. The van der Waals surface area contributed by atoms with Crippen LogP contribution in [0.5, 0.6) is 0 Å². The third-order valence-corrected chi connectivity index (χ3v) is 16.7. The molecule has 0 aromatic heterocycles. The molecule has 0 radical (unpaired) electrons. The molecule has 1 aliphatic heterocycles. The van der Waals surface area contributed by atoms with Crippen LogP contribution in [0.25, 0.3) is 0 Å². The molecular weight excluding hydrogens is 847 g/mol. The lowest BCUT2D eigenvalue weighted by atomic mass is 9.46. The number of fused-ring (bicyclic) bond motifs is 7. The van der Waals surface area contributed by atoms with Gasteiger partial charge in [0.25, 0.3) is 0 Å². The highest BCUT2D eigenvalue weighted by molar-refractivity contribution is 6.01. The van der Waals surface area contributed by atoms with Crippen LogP contribution in [0, 0.1) is 28.6 Å². The number of carbonyl (C=O) groups is 4. The zero-order chi connectivity index (χ0) is 48.3.